The number of rotatable bonds is 7. The number of benzene rings is 2. The molecule has 0 spiro atoms. The van der Waals surface area contributed by atoms with Gasteiger partial charge in [-0.3, -0.25) is 5.32 Å². The van der Waals surface area contributed by atoms with Crippen LogP contribution in [0, 0.1) is 5.92 Å². The Balaban J connectivity index is 1.39. The molecule has 2 saturated carbocycles. The molecule has 1 aromatic heterocycles. The fourth-order valence-corrected chi connectivity index (χ4v) is 9.48. The Morgan fingerprint density at radius 1 is 1.04 bits per heavy atom. The molecule has 45 heavy (non-hydrogen) atoms. The van der Waals surface area contributed by atoms with Gasteiger partial charge in [-0.1, -0.05) is 49.1 Å². The largest absolute Gasteiger partial charge is 0.477 e. The SMILES string of the molecule is COC1CC(OC(=O)Nc2cc(-c3cc4c(cc3Cl)N(c3ccccc3)C[C@@H](C3CCCCC3)N(C)S4(=O)=O)sc2C(=O)O)C1. The molecule has 2 heterocycles. The summed E-state index contributed by atoms with van der Waals surface area (Å²) in [5.74, 6) is -1.02. The standard InChI is InChI=1S/C32H36ClN3O7S2/c1-35-27(19-9-5-3-6-10-19)18-36(20-11-7-4-8-12-20)26-16-24(33)23(15-29(26)45(35,40)41)28-17-25(30(44-28)31(37)38)34-32(39)43-22-13-21(14-22)42-2/h4,7-8,11-12,15-17,19,21-22,27H,3,5-6,9-10,13-14,18H2,1-2H3,(H,34,39)(H,37,38)/t21?,22?,27-/m0/s1. The van der Waals surface area contributed by atoms with Gasteiger partial charge in [0.2, 0.25) is 10.0 Å². The lowest BCUT2D eigenvalue weighted by Crippen LogP contribution is -2.46. The molecule has 0 radical (unpaired) electrons. The highest BCUT2D eigenvalue weighted by Crippen LogP contribution is 2.46. The zero-order valence-electron chi connectivity index (χ0n) is 25.1. The van der Waals surface area contributed by atoms with Gasteiger partial charge in [0, 0.05) is 55.7 Å². The summed E-state index contributed by atoms with van der Waals surface area (Å²) in [6, 6.07) is 14.1. The Kier molecular flexibility index (Phi) is 9.13. The number of para-hydroxylation sites is 1. The van der Waals surface area contributed by atoms with Gasteiger partial charge in [0.05, 0.1) is 22.5 Å². The number of nitrogens with zero attached hydrogens (tertiary/aromatic N) is 2. The summed E-state index contributed by atoms with van der Waals surface area (Å²) in [5.41, 5.74) is 1.72. The molecule has 1 atom stereocenters. The van der Waals surface area contributed by atoms with Crippen LogP contribution >= 0.6 is 22.9 Å². The predicted octanol–water partition coefficient (Wildman–Crippen LogP) is 7.21. The number of thiophene rings is 1. The minimum Gasteiger partial charge on any atom is -0.477 e. The Labute approximate surface area is 271 Å². The lowest BCUT2D eigenvalue weighted by Gasteiger charge is -2.36. The van der Waals surface area contributed by atoms with Crippen molar-refractivity contribution in [3.63, 3.8) is 0 Å². The first-order valence-corrected chi connectivity index (χ1v) is 17.7. The number of carboxylic acid groups (broad SMARTS) is 1. The minimum absolute atomic E-state index is 0.0339. The van der Waals surface area contributed by atoms with E-state index in [0.717, 1.165) is 49.1 Å². The number of hydrogen-bond acceptors (Lipinski definition) is 8. The van der Waals surface area contributed by atoms with E-state index in [4.69, 9.17) is 21.1 Å². The monoisotopic (exact) mass is 673 g/mol. The van der Waals surface area contributed by atoms with Crippen LogP contribution in [-0.4, -0.2) is 68.8 Å². The molecule has 240 valence electrons. The van der Waals surface area contributed by atoms with Crippen LogP contribution < -0.4 is 10.2 Å². The Morgan fingerprint density at radius 3 is 2.42 bits per heavy atom. The van der Waals surface area contributed by atoms with E-state index in [9.17, 15) is 23.1 Å². The maximum Gasteiger partial charge on any atom is 0.411 e. The number of hydrogen-bond donors (Lipinski definition) is 2. The third-order valence-corrected chi connectivity index (χ3v) is 12.6. The van der Waals surface area contributed by atoms with E-state index in [0.29, 0.717) is 35.5 Å². The number of fused-ring (bicyclic) bond motifs is 1. The number of aromatic carboxylic acids is 1. The number of carbonyl (C=O) groups is 2. The molecule has 2 fully saturated rings. The molecule has 1 aliphatic heterocycles. The minimum atomic E-state index is -3.98. The van der Waals surface area contributed by atoms with Crippen LogP contribution in [0.3, 0.4) is 0 Å². The molecule has 10 nitrogen and oxygen atoms in total. The topological polar surface area (TPSA) is 125 Å². The number of likely N-dealkylation sites (N-methyl/N-ethyl adjacent to an activating group) is 1. The van der Waals surface area contributed by atoms with E-state index in [1.807, 2.05) is 35.2 Å². The van der Waals surface area contributed by atoms with Gasteiger partial charge in [-0.05, 0) is 49.1 Å². The van der Waals surface area contributed by atoms with Crippen molar-refractivity contribution in [1.82, 2.24) is 4.31 Å². The average Bonchev–Trinajstić information content (AvgIpc) is 3.40. The summed E-state index contributed by atoms with van der Waals surface area (Å²) >= 11 is 7.79. The van der Waals surface area contributed by atoms with Crippen molar-refractivity contribution < 1.29 is 32.6 Å². The second kappa shape index (κ2) is 12.9. The Bertz CT molecular complexity index is 1690. The molecule has 0 unspecified atom stereocenters. The van der Waals surface area contributed by atoms with Gasteiger partial charge in [-0.2, -0.15) is 4.31 Å². The molecule has 1 amide bonds. The highest BCUT2D eigenvalue weighted by atomic mass is 35.5. The van der Waals surface area contributed by atoms with E-state index in [1.165, 1.54) is 16.4 Å². The van der Waals surface area contributed by atoms with E-state index in [1.54, 1.807) is 20.2 Å². The number of carboxylic acids is 1. The quantitative estimate of drug-likeness (QED) is 0.269. The third-order valence-electron chi connectivity index (χ3n) is 9.18. The summed E-state index contributed by atoms with van der Waals surface area (Å²) in [7, 11) is -0.730. The second-order valence-electron chi connectivity index (χ2n) is 11.9. The second-order valence-corrected chi connectivity index (χ2v) is 15.3. The van der Waals surface area contributed by atoms with Gasteiger partial charge in [-0.25, -0.2) is 18.0 Å². The molecule has 0 saturated heterocycles. The van der Waals surface area contributed by atoms with Gasteiger partial charge in [-0.15, -0.1) is 11.3 Å². The van der Waals surface area contributed by atoms with Crippen LogP contribution in [0.15, 0.2) is 53.4 Å². The number of nitrogens with one attached hydrogen (secondary N) is 1. The predicted molar refractivity (Wildman–Crippen MR) is 174 cm³/mol. The third kappa shape index (κ3) is 6.31. The van der Waals surface area contributed by atoms with Crippen molar-refractivity contribution in [1.29, 1.82) is 0 Å². The van der Waals surface area contributed by atoms with E-state index >= 15 is 0 Å². The first-order valence-electron chi connectivity index (χ1n) is 15.1. The Morgan fingerprint density at radius 2 is 1.76 bits per heavy atom. The number of ether oxygens (including phenoxy) is 2. The molecule has 13 heteroatoms. The molecule has 0 bridgehead atoms. The van der Waals surface area contributed by atoms with E-state index < -0.39 is 22.1 Å². The van der Waals surface area contributed by atoms with Crippen molar-refractivity contribution in [3.05, 3.63) is 58.4 Å². The van der Waals surface area contributed by atoms with Crippen molar-refractivity contribution in [2.24, 2.45) is 5.92 Å². The molecule has 6 rings (SSSR count). The van der Waals surface area contributed by atoms with Crippen molar-refractivity contribution in [2.45, 2.75) is 68.1 Å². The summed E-state index contributed by atoms with van der Waals surface area (Å²) in [5, 5.41) is 12.7. The number of amides is 1. The van der Waals surface area contributed by atoms with Crippen molar-refractivity contribution >= 4 is 62.1 Å². The van der Waals surface area contributed by atoms with Gasteiger partial charge in [0.1, 0.15) is 15.9 Å². The first kappa shape index (κ1) is 31.8. The first-order chi connectivity index (χ1) is 21.6. The number of carbonyl (C=O) groups excluding carboxylic acids is 1. The van der Waals surface area contributed by atoms with E-state index in [-0.39, 0.29) is 44.7 Å². The number of sulfonamides is 1. The number of anilines is 3. The molecule has 2 aliphatic carbocycles. The van der Waals surface area contributed by atoms with Crippen LogP contribution in [0.2, 0.25) is 5.02 Å². The van der Waals surface area contributed by atoms with Gasteiger partial charge < -0.3 is 19.5 Å². The highest BCUT2D eigenvalue weighted by molar-refractivity contribution is 7.89. The summed E-state index contributed by atoms with van der Waals surface area (Å²) in [6.07, 6.45) is 5.33. The lowest BCUT2D eigenvalue weighted by molar-refractivity contribution is -0.0532. The van der Waals surface area contributed by atoms with Crippen LogP contribution in [0.4, 0.5) is 21.9 Å². The molecule has 3 aliphatic rings. The van der Waals surface area contributed by atoms with Crippen LogP contribution in [0.1, 0.15) is 54.6 Å². The molecule has 2 N–H and O–H groups in total. The van der Waals surface area contributed by atoms with Crippen LogP contribution in [-0.2, 0) is 19.5 Å². The molecular weight excluding hydrogens is 638 g/mol. The van der Waals surface area contributed by atoms with Gasteiger partial charge >= 0.3 is 12.1 Å². The summed E-state index contributed by atoms with van der Waals surface area (Å²) in [4.78, 5) is 27.2. The maximum atomic E-state index is 14.3. The van der Waals surface area contributed by atoms with Crippen LogP contribution in [0.25, 0.3) is 10.4 Å². The maximum absolute atomic E-state index is 14.3. The average molecular weight is 674 g/mol. The smallest absolute Gasteiger partial charge is 0.411 e. The van der Waals surface area contributed by atoms with Gasteiger partial charge in [0.15, 0.2) is 0 Å². The zero-order valence-corrected chi connectivity index (χ0v) is 27.5. The molecular formula is C32H36ClN3O7S2. The summed E-state index contributed by atoms with van der Waals surface area (Å²) < 4.78 is 40.8. The number of halogens is 1. The van der Waals surface area contributed by atoms with Crippen molar-refractivity contribution in [2.75, 3.05) is 30.9 Å². The highest BCUT2D eigenvalue weighted by Gasteiger charge is 2.41. The van der Waals surface area contributed by atoms with Crippen LogP contribution in [0.5, 0.6) is 0 Å². The lowest BCUT2D eigenvalue weighted by atomic mass is 9.83. The van der Waals surface area contributed by atoms with Gasteiger partial charge in [0.25, 0.3) is 0 Å². The molecule has 3 aromatic rings. The number of methoxy groups -OCH3 is 1. The fourth-order valence-electron chi connectivity index (χ4n) is 6.57. The Hall–Kier alpha value is -3.16. The zero-order chi connectivity index (χ0) is 31.9. The fraction of sp³-hybridized carbons (Fsp3) is 0.438. The van der Waals surface area contributed by atoms with E-state index in [2.05, 4.69) is 5.32 Å². The molecule has 2 aromatic carbocycles. The summed E-state index contributed by atoms with van der Waals surface area (Å²) in [6.45, 7) is 0.470. The van der Waals surface area contributed by atoms with Crippen molar-refractivity contribution in [3.8, 4) is 10.4 Å². The normalized spacial score (nSPS) is 23.4.